The number of carbonyl (C=O) groups is 1. The summed E-state index contributed by atoms with van der Waals surface area (Å²) in [6.45, 7) is 0. The second kappa shape index (κ2) is 6.01. The summed E-state index contributed by atoms with van der Waals surface area (Å²) in [7, 11) is 0. The Labute approximate surface area is 114 Å². The molecule has 0 unspecified atom stereocenters. The maximum Gasteiger partial charge on any atom is 0.264 e. The number of carbonyl (C=O) groups excluding carboxylic acids is 1. The number of nitrogens with two attached hydrogens (primary N) is 1. The molecule has 1 saturated heterocycles. The first-order chi connectivity index (χ1) is 9.15. The third-order valence-corrected chi connectivity index (χ3v) is 3.14. The van der Waals surface area contributed by atoms with E-state index < -0.39 is 0 Å². The summed E-state index contributed by atoms with van der Waals surface area (Å²) in [6.07, 6.45) is 5.41. The maximum atomic E-state index is 11.6. The van der Waals surface area contributed by atoms with Crippen LogP contribution >= 0.6 is 11.8 Å². The standard InChI is InChI=1S/C13H12N4OS/c14-12(15)17-13-16-11(18)10(19-13)8-4-7-9-5-2-1-3-6-9/h1-8H,(H4,14,15,16,17,18). The molecular formula is C13H12N4OS. The van der Waals surface area contributed by atoms with Gasteiger partial charge in [-0.25, -0.2) is 0 Å². The van der Waals surface area contributed by atoms with Crippen molar-refractivity contribution < 1.29 is 4.79 Å². The molecule has 1 aliphatic heterocycles. The molecule has 1 aliphatic rings. The van der Waals surface area contributed by atoms with E-state index in [1.165, 1.54) is 0 Å². The molecule has 1 aromatic carbocycles. The van der Waals surface area contributed by atoms with Gasteiger partial charge in [-0.05, 0) is 23.4 Å². The average molecular weight is 272 g/mol. The number of guanidine groups is 1. The van der Waals surface area contributed by atoms with Crippen LogP contribution in [0.5, 0.6) is 0 Å². The van der Waals surface area contributed by atoms with Crippen LogP contribution in [0, 0.1) is 5.41 Å². The van der Waals surface area contributed by atoms with Crippen LogP contribution in [0.3, 0.4) is 0 Å². The Kier molecular flexibility index (Phi) is 4.15. The van der Waals surface area contributed by atoms with Crippen molar-refractivity contribution in [1.29, 1.82) is 5.41 Å². The number of amides is 1. The molecule has 1 fully saturated rings. The van der Waals surface area contributed by atoms with E-state index in [0.29, 0.717) is 10.1 Å². The number of hydrogen-bond donors (Lipinski definition) is 3. The number of rotatable bonds is 2. The fourth-order valence-electron chi connectivity index (χ4n) is 1.42. The third kappa shape index (κ3) is 3.82. The Morgan fingerprint density at radius 1 is 1.37 bits per heavy atom. The molecule has 0 spiro atoms. The Bertz CT molecular complexity index is 590. The number of allylic oxidation sites excluding steroid dienone is 2. The number of thioether (sulfide) groups is 1. The molecule has 0 saturated carbocycles. The van der Waals surface area contributed by atoms with Crippen LogP contribution in [0.1, 0.15) is 5.56 Å². The smallest absolute Gasteiger partial charge is 0.264 e. The SMILES string of the molecule is N=C(N)N=C1NC(=O)C(=CC=Cc2ccccc2)S1. The summed E-state index contributed by atoms with van der Waals surface area (Å²) < 4.78 is 0. The summed E-state index contributed by atoms with van der Waals surface area (Å²) in [6, 6.07) is 9.78. The number of hydrogen-bond acceptors (Lipinski definition) is 3. The van der Waals surface area contributed by atoms with E-state index in [1.54, 1.807) is 12.2 Å². The molecule has 1 aromatic rings. The fraction of sp³-hybridized carbons (Fsp3) is 0. The Morgan fingerprint density at radius 2 is 2.11 bits per heavy atom. The normalized spacial score (nSPS) is 19.3. The van der Waals surface area contributed by atoms with Gasteiger partial charge in [-0.1, -0.05) is 42.5 Å². The lowest BCUT2D eigenvalue weighted by Gasteiger charge is -1.90. The Balaban J connectivity index is 2.07. The highest BCUT2D eigenvalue weighted by Crippen LogP contribution is 2.23. The monoisotopic (exact) mass is 272 g/mol. The summed E-state index contributed by atoms with van der Waals surface area (Å²) in [5, 5.41) is 9.90. The van der Waals surface area contributed by atoms with Crippen LogP contribution in [0.2, 0.25) is 0 Å². The van der Waals surface area contributed by atoms with Gasteiger partial charge in [0, 0.05) is 0 Å². The summed E-state index contributed by atoms with van der Waals surface area (Å²) in [5.74, 6) is -0.563. The molecule has 0 bridgehead atoms. The van der Waals surface area contributed by atoms with Gasteiger partial charge in [-0.2, -0.15) is 4.99 Å². The predicted molar refractivity (Wildman–Crippen MR) is 78.6 cm³/mol. The van der Waals surface area contributed by atoms with E-state index in [-0.39, 0.29) is 11.9 Å². The summed E-state index contributed by atoms with van der Waals surface area (Å²) in [4.78, 5) is 15.8. The van der Waals surface area contributed by atoms with Crippen molar-refractivity contribution in [2.24, 2.45) is 10.7 Å². The molecule has 6 heteroatoms. The summed E-state index contributed by atoms with van der Waals surface area (Å²) >= 11 is 1.16. The highest BCUT2D eigenvalue weighted by atomic mass is 32.2. The predicted octanol–water partition coefficient (Wildman–Crippen LogP) is 1.70. The van der Waals surface area contributed by atoms with E-state index in [9.17, 15) is 4.79 Å². The van der Waals surface area contributed by atoms with Crippen LogP contribution < -0.4 is 11.1 Å². The van der Waals surface area contributed by atoms with Crippen LogP contribution in [0.4, 0.5) is 0 Å². The largest absolute Gasteiger partial charge is 0.368 e. The zero-order valence-electron chi connectivity index (χ0n) is 9.96. The van der Waals surface area contributed by atoms with E-state index in [0.717, 1.165) is 17.3 Å². The molecule has 96 valence electrons. The van der Waals surface area contributed by atoms with E-state index >= 15 is 0 Å². The maximum absolute atomic E-state index is 11.6. The molecule has 19 heavy (non-hydrogen) atoms. The van der Waals surface area contributed by atoms with E-state index in [4.69, 9.17) is 11.1 Å². The number of nitrogens with zero attached hydrogens (tertiary/aromatic N) is 1. The molecule has 2 rings (SSSR count). The topological polar surface area (TPSA) is 91.3 Å². The van der Waals surface area contributed by atoms with E-state index in [2.05, 4.69) is 10.3 Å². The van der Waals surface area contributed by atoms with Crippen molar-refractivity contribution in [3.63, 3.8) is 0 Å². The van der Waals surface area contributed by atoms with Crippen molar-refractivity contribution in [3.8, 4) is 0 Å². The van der Waals surface area contributed by atoms with Gasteiger partial charge in [0.2, 0.25) is 5.96 Å². The van der Waals surface area contributed by atoms with Crippen molar-refractivity contribution in [2.45, 2.75) is 0 Å². The number of benzene rings is 1. The zero-order valence-corrected chi connectivity index (χ0v) is 10.8. The molecule has 0 atom stereocenters. The lowest BCUT2D eigenvalue weighted by molar-refractivity contribution is -0.115. The second-order valence-electron chi connectivity index (χ2n) is 3.66. The molecular weight excluding hydrogens is 260 g/mol. The molecule has 5 nitrogen and oxygen atoms in total. The fourth-order valence-corrected chi connectivity index (χ4v) is 2.20. The van der Waals surface area contributed by atoms with Crippen molar-refractivity contribution in [2.75, 3.05) is 0 Å². The first kappa shape index (κ1) is 13.1. The summed E-state index contributed by atoms with van der Waals surface area (Å²) in [5.41, 5.74) is 6.19. The minimum Gasteiger partial charge on any atom is -0.368 e. The van der Waals surface area contributed by atoms with Gasteiger partial charge in [0.25, 0.3) is 5.91 Å². The minimum atomic E-state index is -0.330. The van der Waals surface area contributed by atoms with E-state index in [1.807, 2.05) is 36.4 Å². The third-order valence-electron chi connectivity index (χ3n) is 2.21. The molecule has 4 N–H and O–H groups in total. The van der Waals surface area contributed by atoms with Gasteiger partial charge < -0.3 is 11.1 Å². The lowest BCUT2D eigenvalue weighted by Crippen LogP contribution is -2.22. The first-order valence-electron chi connectivity index (χ1n) is 5.50. The van der Waals surface area contributed by atoms with Crippen molar-refractivity contribution >= 4 is 34.9 Å². The molecule has 0 radical (unpaired) electrons. The first-order valence-corrected chi connectivity index (χ1v) is 6.32. The highest BCUT2D eigenvalue weighted by Gasteiger charge is 2.23. The molecule has 1 heterocycles. The zero-order chi connectivity index (χ0) is 13.7. The highest BCUT2D eigenvalue weighted by molar-refractivity contribution is 8.18. The van der Waals surface area contributed by atoms with Crippen LogP contribution in [-0.4, -0.2) is 17.0 Å². The van der Waals surface area contributed by atoms with Crippen LogP contribution in [0.15, 0.2) is 52.4 Å². The second-order valence-corrected chi connectivity index (χ2v) is 4.69. The van der Waals surface area contributed by atoms with Crippen molar-refractivity contribution in [3.05, 3.63) is 53.0 Å². The molecule has 1 amide bonds. The van der Waals surface area contributed by atoms with Crippen LogP contribution in [0.25, 0.3) is 6.08 Å². The number of nitrogens with one attached hydrogen (secondary N) is 2. The van der Waals surface area contributed by atoms with Gasteiger partial charge in [0.05, 0.1) is 4.91 Å². The Morgan fingerprint density at radius 3 is 2.79 bits per heavy atom. The van der Waals surface area contributed by atoms with Gasteiger partial charge in [-0.3, -0.25) is 10.2 Å². The number of amidine groups is 1. The quantitative estimate of drug-likeness (QED) is 0.434. The minimum absolute atomic E-state index is 0.234. The Hall–Kier alpha value is -2.34. The number of aliphatic imine (C=N–C) groups is 1. The van der Waals surface area contributed by atoms with Gasteiger partial charge in [0.15, 0.2) is 5.17 Å². The van der Waals surface area contributed by atoms with Crippen LogP contribution in [-0.2, 0) is 4.79 Å². The lowest BCUT2D eigenvalue weighted by atomic mass is 10.2. The van der Waals surface area contributed by atoms with Gasteiger partial charge in [-0.15, -0.1) is 0 Å². The molecule has 0 aliphatic carbocycles. The van der Waals surface area contributed by atoms with Gasteiger partial charge in [0.1, 0.15) is 0 Å². The molecule has 0 aromatic heterocycles. The van der Waals surface area contributed by atoms with Crippen molar-refractivity contribution in [1.82, 2.24) is 5.32 Å². The average Bonchev–Trinajstić information content (AvgIpc) is 2.70. The van der Waals surface area contributed by atoms with Gasteiger partial charge >= 0.3 is 0 Å².